The number of likely N-dealkylation sites (N-methyl/N-ethyl adjacent to an activating group) is 1. The van der Waals surface area contributed by atoms with Gasteiger partial charge in [0.25, 0.3) is 0 Å². The lowest BCUT2D eigenvalue weighted by Gasteiger charge is -2.20. The molecule has 0 fully saturated rings. The molecule has 2 nitrogen and oxygen atoms in total. The number of rotatable bonds is 6. The van der Waals surface area contributed by atoms with Crippen LogP contribution in [-0.4, -0.2) is 27.3 Å². The van der Waals surface area contributed by atoms with Crippen LogP contribution in [-0.2, 0) is 4.74 Å². The molecule has 1 aromatic rings. The van der Waals surface area contributed by atoms with E-state index in [2.05, 4.69) is 54.4 Å². The summed E-state index contributed by atoms with van der Waals surface area (Å²) in [4.78, 5) is 2.22. The SMILES string of the molecule is C/C=C\C(=C/COC)CN(C)c1ccccc1. The van der Waals surface area contributed by atoms with Gasteiger partial charge in [0.1, 0.15) is 0 Å². The highest BCUT2D eigenvalue weighted by molar-refractivity contribution is 5.47. The smallest absolute Gasteiger partial charge is 0.0649 e. The summed E-state index contributed by atoms with van der Waals surface area (Å²) in [6.07, 6.45) is 6.29. The summed E-state index contributed by atoms with van der Waals surface area (Å²) in [6.45, 7) is 3.57. The van der Waals surface area contributed by atoms with Crippen molar-refractivity contribution in [2.24, 2.45) is 0 Å². The second-order valence-corrected chi connectivity index (χ2v) is 3.93. The maximum absolute atomic E-state index is 5.08. The van der Waals surface area contributed by atoms with Gasteiger partial charge in [-0.15, -0.1) is 0 Å². The van der Waals surface area contributed by atoms with Crippen molar-refractivity contribution in [2.45, 2.75) is 6.92 Å². The summed E-state index contributed by atoms with van der Waals surface area (Å²) in [5.74, 6) is 0. The summed E-state index contributed by atoms with van der Waals surface area (Å²) < 4.78 is 5.08. The minimum atomic E-state index is 0.655. The monoisotopic (exact) mass is 231 g/mol. The quantitative estimate of drug-likeness (QED) is 0.697. The molecule has 0 atom stereocenters. The average Bonchev–Trinajstić information content (AvgIpc) is 2.37. The highest BCUT2D eigenvalue weighted by Gasteiger charge is 2.01. The molecule has 0 heterocycles. The second-order valence-electron chi connectivity index (χ2n) is 3.93. The first-order chi connectivity index (χ1) is 8.27. The van der Waals surface area contributed by atoms with Crippen LogP contribution >= 0.6 is 0 Å². The minimum absolute atomic E-state index is 0.655. The molecule has 0 saturated heterocycles. The number of para-hydroxylation sites is 1. The first kappa shape index (κ1) is 13.5. The van der Waals surface area contributed by atoms with Gasteiger partial charge in [-0.3, -0.25) is 0 Å². The second kappa shape index (κ2) is 7.69. The van der Waals surface area contributed by atoms with Crippen LogP contribution in [0, 0.1) is 0 Å². The average molecular weight is 231 g/mol. The number of ether oxygens (including phenoxy) is 1. The molecule has 0 amide bonds. The Balaban J connectivity index is 2.67. The van der Waals surface area contributed by atoms with Crippen LogP contribution in [0.2, 0.25) is 0 Å². The Morgan fingerprint density at radius 3 is 2.59 bits per heavy atom. The highest BCUT2D eigenvalue weighted by atomic mass is 16.5. The molecule has 0 aliphatic rings. The third-order valence-electron chi connectivity index (χ3n) is 2.51. The maximum atomic E-state index is 5.08. The van der Waals surface area contributed by atoms with Gasteiger partial charge in [0.15, 0.2) is 0 Å². The lowest BCUT2D eigenvalue weighted by atomic mass is 10.2. The van der Waals surface area contributed by atoms with Crippen LogP contribution in [0.1, 0.15) is 6.92 Å². The van der Waals surface area contributed by atoms with Gasteiger partial charge in [-0.2, -0.15) is 0 Å². The molecule has 0 aliphatic carbocycles. The molecule has 17 heavy (non-hydrogen) atoms. The fraction of sp³-hybridized carbons (Fsp3) is 0.333. The molecule has 0 unspecified atom stereocenters. The predicted octanol–water partition coefficient (Wildman–Crippen LogP) is 3.27. The Hall–Kier alpha value is -1.54. The molecular weight excluding hydrogens is 210 g/mol. The largest absolute Gasteiger partial charge is 0.381 e. The van der Waals surface area contributed by atoms with Crippen molar-refractivity contribution < 1.29 is 4.74 Å². The van der Waals surface area contributed by atoms with Crippen molar-refractivity contribution in [2.75, 3.05) is 32.2 Å². The summed E-state index contributed by atoms with van der Waals surface area (Å²) in [7, 11) is 3.81. The van der Waals surface area contributed by atoms with Gasteiger partial charge in [0.2, 0.25) is 0 Å². The van der Waals surface area contributed by atoms with Crippen molar-refractivity contribution in [3.63, 3.8) is 0 Å². The van der Waals surface area contributed by atoms with E-state index in [0.717, 1.165) is 6.54 Å². The predicted molar refractivity (Wildman–Crippen MR) is 74.5 cm³/mol. The molecule has 1 aromatic carbocycles. The molecule has 92 valence electrons. The molecule has 0 aliphatic heterocycles. The van der Waals surface area contributed by atoms with Crippen LogP contribution in [0.25, 0.3) is 0 Å². The van der Waals surface area contributed by atoms with Gasteiger partial charge in [-0.25, -0.2) is 0 Å². The normalized spacial score (nSPS) is 12.1. The van der Waals surface area contributed by atoms with Crippen LogP contribution < -0.4 is 4.90 Å². The van der Waals surface area contributed by atoms with Crippen molar-refractivity contribution in [1.29, 1.82) is 0 Å². The third kappa shape index (κ3) is 4.87. The zero-order valence-electron chi connectivity index (χ0n) is 10.9. The molecule has 0 spiro atoms. The number of nitrogens with zero attached hydrogens (tertiary/aromatic N) is 1. The molecule has 0 aromatic heterocycles. The van der Waals surface area contributed by atoms with Gasteiger partial charge in [0.05, 0.1) is 6.61 Å². The number of hydrogen-bond donors (Lipinski definition) is 0. The van der Waals surface area contributed by atoms with Crippen molar-refractivity contribution in [3.05, 3.63) is 54.1 Å². The summed E-state index contributed by atoms with van der Waals surface area (Å²) >= 11 is 0. The van der Waals surface area contributed by atoms with Crippen molar-refractivity contribution in [1.82, 2.24) is 0 Å². The van der Waals surface area contributed by atoms with E-state index < -0.39 is 0 Å². The van der Waals surface area contributed by atoms with Gasteiger partial charge in [0, 0.05) is 26.4 Å². The summed E-state index contributed by atoms with van der Waals surface area (Å²) in [6, 6.07) is 10.4. The maximum Gasteiger partial charge on any atom is 0.0649 e. The molecule has 0 radical (unpaired) electrons. The Kier molecular flexibility index (Phi) is 6.12. The Morgan fingerprint density at radius 1 is 1.29 bits per heavy atom. The lowest BCUT2D eigenvalue weighted by Crippen LogP contribution is -2.19. The van der Waals surface area contributed by atoms with E-state index in [-0.39, 0.29) is 0 Å². The van der Waals surface area contributed by atoms with E-state index in [4.69, 9.17) is 4.74 Å². The van der Waals surface area contributed by atoms with Gasteiger partial charge < -0.3 is 9.64 Å². The molecule has 0 saturated carbocycles. The molecule has 1 rings (SSSR count). The first-order valence-corrected chi connectivity index (χ1v) is 5.84. The third-order valence-corrected chi connectivity index (χ3v) is 2.51. The number of methoxy groups -OCH3 is 1. The summed E-state index contributed by atoms with van der Waals surface area (Å²) in [5, 5.41) is 0. The van der Waals surface area contributed by atoms with Gasteiger partial charge in [-0.05, 0) is 24.6 Å². The van der Waals surface area contributed by atoms with Gasteiger partial charge >= 0.3 is 0 Å². The molecular formula is C15H21NO. The van der Waals surface area contributed by atoms with Crippen molar-refractivity contribution >= 4 is 5.69 Å². The van der Waals surface area contributed by atoms with E-state index in [9.17, 15) is 0 Å². The Labute approximate surface area is 104 Å². The molecule has 2 heteroatoms. The summed E-state index contributed by atoms with van der Waals surface area (Å²) in [5.41, 5.74) is 2.49. The Bertz CT molecular complexity index is 368. The molecule has 0 bridgehead atoms. The number of allylic oxidation sites excluding steroid dienone is 1. The van der Waals surface area contributed by atoms with E-state index in [1.807, 2.05) is 13.0 Å². The van der Waals surface area contributed by atoms with E-state index in [1.165, 1.54) is 11.3 Å². The van der Waals surface area contributed by atoms with Gasteiger partial charge in [-0.1, -0.05) is 36.4 Å². The van der Waals surface area contributed by atoms with E-state index in [0.29, 0.717) is 6.61 Å². The zero-order chi connectivity index (χ0) is 12.5. The Morgan fingerprint density at radius 2 is 2.00 bits per heavy atom. The number of hydrogen-bond acceptors (Lipinski definition) is 2. The number of benzene rings is 1. The van der Waals surface area contributed by atoms with Crippen LogP contribution in [0.3, 0.4) is 0 Å². The minimum Gasteiger partial charge on any atom is -0.381 e. The fourth-order valence-electron chi connectivity index (χ4n) is 1.64. The van der Waals surface area contributed by atoms with Crippen LogP contribution in [0.4, 0.5) is 5.69 Å². The fourth-order valence-corrected chi connectivity index (χ4v) is 1.64. The van der Waals surface area contributed by atoms with Crippen LogP contribution in [0.15, 0.2) is 54.1 Å². The van der Waals surface area contributed by atoms with Crippen LogP contribution in [0.5, 0.6) is 0 Å². The van der Waals surface area contributed by atoms with E-state index in [1.54, 1.807) is 7.11 Å². The first-order valence-electron chi connectivity index (χ1n) is 5.84. The standard InChI is InChI=1S/C15H21NO/c1-4-8-14(11-12-17-3)13-16(2)15-9-6-5-7-10-15/h4-11H,12-13H2,1-3H3/b8-4-,14-11+. The lowest BCUT2D eigenvalue weighted by molar-refractivity contribution is 0.233. The number of anilines is 1. The van der Waals surface area contributed by atoms with E-state index >= 15 is 0 Å². The highest BCUT2D eigenvalue weighted by Crippen LogP contribution is 2.13. The molecule has 0 N–H and O–H groups in total. The van der Waals surface area contributed by atoms with Crippen molar-refractivity contribution in [3.8, 4) is 0 Å². The zero-order valence-corrected chi connectivity index (χ0v) is 10.9. The topological polar surface area (TPSA) is 12.5 Å².